The molecule has 1 aromatic carbocycles. The number of hydrogen-bond acceptors (Lipinski definition) is 4. The van der Waals surface area contributed by atoms with Crippen molar-refractivity contribution in [3.63, 3.8) is 0 Å². The molecule has 3 heterocycles. The molecule has 2 aliphatic heterocycles. The van der Waals surface area contributed by atoms with Gasteiger partial charge < -0.3 is 19.4 Å². The number of nitrogens with zero attached hydrogens (tertiary/aromatic N) is 2. The first-order valence-corrected chi connectivity index (χ1v) is 6.57. The Labute approximate surface area is 111 Å². The summed E-state index contributed by atoms with van der Waals surface area (Å²) in [6.07, 6.45) is 6.17. The van der Waals surface area contributed by atoms with Crippen molar-refractivity contribution in [3.8, 4) is 17.2 Å². The summed E-state index contributed by atoms with van der Waals surface area (Å²) in [6, 6.07) is 6.38. The van der Waals surface area contributed by atoms with Crippen molar-refractivity contribution in [2.75, 3.05) is 13.3 Å². The number of benzene rings is 1. The third-order valence-electron chi connectivity index (χ3n) is 3.72. The van der Waals surface area contributed by atoms with Crippen molar-refractivity contribution in [1.29, 1.82) is 0 Å². The maximum absolute atomic E-state index is 5.43. The van der Waals surface area contributed by atoms with Gasteiger partial charge in [-0.25, -0.2) is 4.98 Å². The third-order valence-corrected chi connectivity index (χ3v) is 3.72. The Kier molecular flexibility index (Phi) is 2.45. The number of rotatable bonds is 2. The van der Waals surface area contributed by atoms with E-state index in [4.69, 9.17) is 9.47 Å². The molecule has 1 saturated heterocycles. The maximum Gasteiger partial charge on any atom is 0.231 e. The first-order valence-electron chi connectivity index (χ1n) is 6.57. The van der Waals surface area contributed by atoms with Gasteiger partial charge in [0.2, 0.25) is 6.79 Å². The lowest BCUT2D eigenvalue weighted by molar-refractivity contribution is 0.174. The second-order valence-corrected chi connectivity index (χ2v) is 4.88. The number of fused-ring (bicyclic) bond motifs is 1. The molecule has 1 fully saturated rings. The summed E-state index contributed by atoms with van der Waals surface area (Å²) in [5, 5.41) is 3.50. The number of nitrogens with one attached hydrogen (secondary N) is 1. The fraction of sp³-hybridized carbons (Fsp3) is 0.357. The zero-order valence-corrected chi connectivity index (χ0v) is 10.5. The first-order chi connectivity index (χ1) is 9.42. The van der Waals surface area contributed by atoms with Gasteiger partial charge in [-0.2, -0.15) is 0 Å². The Morgan fingerprint density at radius 3 is 3.11 bits per heavy atom. The Morgan fingerprint density at radius 1 is 1.26 bits per heavy atom. The van der Waals surface area contributed by atoms with Crippen LogP contribution < -0.4 is 14.8 Å². The zero-order valence-electron chi connectivity index (χ0n) is 10.5. The number of aromatic nitrogens is 2. The molecule has 0 aliphatic carbocycles. The fourth-order valence-electron chi connectivity index (χ4n) is 2.75. The first kappa shape index (κ1) is 10.9. The molecule has 0 spiro atoms. The summed E-state index contributed by atoms with van der Waals surface area (Å²) in [5.41, 5.74) is 2.27. The molecule has 98 valence electrons. The van der Waals surface area contributed by atoms with Crippen LogP contribution in [0.3, 0.4) is 0 Å². The van der Waals surface area contributed by atoms with Gasteiger partial charge in [0.05, 0.1) is 23.9 Å². The van der Waals surface area contributed by atoms with E-state index in [0.29, 0.717) is 12.8 Å². The highest BCUT2D eigenvalue weighted by Gasteiger charge is 2.21. The predicted molar refractivity (Wildman–Crippen MR) is 69.7 cm³/mol. The largest absolute Gasteiger partial charge is 0.454 e. The molecule has 2 aliphatic rings. The fourth-order valence-corrected chi connectivity index (χ4v) is 2.75. The van der Waals surface area contributed by atoms with Crippen LogP contribution in [0.1, 0.15) is 24.6 Å². The van der Waals surface area contributed by atoms with Crippen LogP contribution in [0.4, 0.5) is 0 Å². The molecule has 0 saturated carbocycles. The standard InChI is InChI=1S/C14H15N3O2/c1-2-11(16-5-1)12-7-15-8-17(12)10-3-4-13-14(6-10)19-9-18-13/h3-4,6-8,11,16H,1-2,5,9H2/t11-/m0/s1. The molecule has 5 heteroatoms. The highest BCUT2D eigenvalue weighted by atomic mass is 16.7. The van der Waals surface area contributed by atoms with Crippen LogP contribution in [-0.2, 0) is 0 Å². The van der Waals surface area contributed by atoms with Crippen LogP contribution >= 0.6 is 0 Å². The van der Waals surface area contributed by atoms with Crippen molar-refractivity contribution in [3.05, 3.63) is 36.4 Å². The van der Waals surface area contributed by atoms with Gasteiger partial charge in [-0.1, -0.05) is 0 Å². The molecular weight excluding hydrogens is 242 g/mol. The summed E-state index contributed by atoms with van der Waals surface area (Å²) >= 11 is 0. The maximum atomic E-state index is 5.43. The Morgan fingerprint density at radius 2 is 2.21 bits per heavy atom. The number of hydrogen-bond donors (Lipinski definition) is 1. The smallest absolute Gasteiger partial charge is 0.231 e. The molecule has 4 rings (SSSR count). The van der Waals surface area contributed by atoms with Crippen LogP contribution in [0.2, 0.25) is 0 Å². The number of imidazole rings is 1. The average Bonchev–Trinajstić information content (AvgIpc) is 3.18. The summed E-state index contributed by atoms with van der Waals surface area (Å²) < 4.78 is 12.9. The van der Waals surface area contributed by atoms with E-state index in [0.717, 1.165) is 30.2 Å². The van der Waals surface area contributed by atoms with Crippen molar-refractivity contribution < 1.29 is 9.47 Å². The number of ether oxygens (including phenoxy) is 2. The minimum absolute atomic E-state index is 0.305. The lowest BCUT2D eigenvalue weighted by atomic mass is 10.1. The Balaban J connectivity index is 1.74. The molecule has 19 heavy (non-hydrogen) atoms. The van der Waals surface area contributed by atoms with Gasteiger partial charge >= 0.3 is 0 Å². The van der Waals surface area contributed by atoms with Gasteiger partial charge in [0, 0.05) is 12.1 Å². The van der Waals surface area contributed by atoms with Crippen molar-refractivity contribution in [1.82, 2.24) is 14.9 Å². The van der Waals surface area contributed by atoms with Gasteiger partial charge in [0.1, 0.15) is 0 Å². The molecule has 0 radical (unpaired) electrons. The lowest BCUT2D eigenvalue weighted by Crippen LogP contribution is -2.16. The average molecular weight is 257 g/mol. The molecule has 1 atom stereocenters. The normalized spacial score (nSPS) is 20.9. The molecule has 5 nitrogen and oxygen atoms in total. The molecular formula is C14H15N3O2. The lowest BCUT2D eigenvalue weighted by Gasteiger charge is -2.14. The molecule has 1 N–H and O–H groups in total. The second-order valence-electron chi connectivity index (χ2n) is 4.88. The third kappa shape index (κ3) is 1.77. The van der Waals surface area contributed by atoms with E-state index >= 15 is 0 Å². The van der Waals surface area contributed by atoms with E-state index in [2.05, 4.69) is 14.9 Å². The van der Waals surface area contributed by atoms with Crippen LogP contribution in [0.25, 0.3) is 5.69 Å². The minimum atomic E-state index is 0.305. The molecule has 0 unspecified atom stereocenters. The summed E-state index contributed by atoms with van der Waals surface area (Å²) in [5.74, 6) is 1.61. The van der Waals surface area contributed by atoms with E-state index in [1.165, 1.54) is 12.1 Å². The van der Waals surface area contributed by atoms with Gasteiger partial charge in [-0.05, 0) is 31.5 Å². The van der Waals surface area contributed by atoms with Crippen LogP contribution in [-0.4, -0.2) is 22.9 Å². The van der Waals surface area contributed by atoms with E-state index < -0.39 is 0 Å². The van der Waals surface area contributed by atoms with E-state index in [9.17, 15) is 0 Å². The summed E-state index contributed by atoms with van der Waals surface area (Å²) in [6.45, 7) is 1.39. The highest BCUT2D eigenvalue weighted by Crippen LogP contribution is 2.34. The molecule has 2 aromatic rings. The van der Waals surface area contributed by atoms with E-state index in [-0.39, 0.29) is 0 Å². The van der Waals surface area contributed by atoms with Crippen molar-refractivity contribution in [2.24, 2.45) is 0 Å². The van der Waals surface area contributed by atoms with Gasteiger partial charge in [0.25, 0.3) is 0 Å². The van der Waals surface area contributed by atoms with Crippen LogP contribution in [0.5, 0.6) is 11.5 Å². The van der Waals surface area contributed by atoms with Gasteiger partial charge in [-0.15, -0.1) is 0 Å². The zero-order chi connectivity index (χ0) is 12.7. The van der Waals surface area contributed by atoms with Crippen LogP contribution in [0.15, 0.2) is 30.7 Å². The van der Waals surface area contributed by atoms with Crippen LogP contribution in [0, 0.1) is 0 Å². The van der Waals surface area contributed by atoms with Crippen molar-refractivity contribution >= 4 is 0 Å². The Hall–Kier alpha value is -2.01. The van der Waals surface area contributed by atoms with E-state index in [1.807, 2.05) is 30.7 Å². The SMILES string of the molecule is c1cc2c(cc1-n1cncc1[C@@H]1CCCN1)OCO2. The quantitative estimate of drug-likeness (QED) is 0.894. The monoisotopic (exact) mass is 257 g/mol. The van der Waals surface area contributed by atoms with Gasteiger partial charge in [0.15, 0.2) is 11.5 Å². The second kappa shape index (κ2) is 4.28. The minimum Gasteiger partial charge on any atom is -0.454 e. The summed E-state index contributed by atoms with van der Waals surface area (Å²) in [7, 11) is 0. The predicted octanol–water partition coefficient (Wildman–Crippen LogP) is 2.03. The van der Waals surface area contributed by atoms with Crippen molar-refractivity contribution in [2.45, 2.75) is 18.9 Å². The van der Waals surface area contributed by atoms with E-state index in [1.54, 1.807) is 0 Å². The molecule has 0 bridgehead atoms. The highest BCUT2D eigenvalue weighted by molar-refractivity contribution is 5.50. The Bertz CT molecular complexity index is 602. The molecule has 0 amide bonds. The van der Waals surface area contributed by atoms with Gasteiger partial charge in [-0.3, -0.25) is 0 Å². The topological polar surface area (TPSA) is 48.3 Å². The summed E-state index contributed by atoms with van der Waals surface area (Å²) in [4.78, 5) is 4.29. The molecule has 1 aromatic heterocycles.